The molecule has 0 unspecified atom stereocenters. The van der Waals surface area contributed by atoms with E-state index in [4.69, 9.17) is 20.1 Å². The number of carboxylic acids is 2. The van der Waals surface area contributed by atoms with Crippen LogP contribution in [-0.2, 0) is 29.1 Å². The van der Waals surface area contributed by atoms with Gasteiger partial charge in [-0.15, -0.1) is 0 Å². The Morgan fingerprint density at radius 3 is 1.36 bits per heavy atom. The van der Waals surface area contributed by atoms with Gasteiger partial charge in [0.1, 0.15) is 6.61 Å². The molecule has 0 rings (SSSR count). The Balaban J connectivity index is -0.000000107. The van der Waals surface area contributed by atoms with Gasteiger partial charge in [-0.1, -0.05) is 0 Å². The molecule has 0 fully saturated rings. The van der Waals surface area contributed by atoms with Crippen molar-refractivity contribution in [1.82, 2.24) is 0 Å². The van der Waals surface area contributed by atoms with E-state index in [1.807, 2.05) is 0 Å². The average molecular weight is 217 g/mol. The van der Waals surface area contributed by atoms with Crippen LogP contribution in [0, 0.1) is 0 Å². The third kappa shape index (κ3) is 43.8. The van der Waals surface area contributed by atoms with Crippen molar-refractivity contribution in [2.75, 3.05) is 13.2 Å². The topological polar surface area (TPSA) is 121 Å². The first-order valence-electron chi connectivity index (χ1n) is 2.29. The predicted octanol–water partition coefficient (Wildman–Crippen LogP) is -1.91. The minimum atomic E-state index is -1.19. The fourth-order valence-corrected chi connectivity index (χ4v) is 0. The number of rotatable bonds is 2. The quantitative estimate of drug-likeness (QED) is 0.400. The van der Waals surface area contributed by atoms with Gasteiger partial charge in [-0.2, -0.15) is 0 Å². The fourth-order valence-electron chi connectivity index (χ4n) is 0. The Labute approximate surface area is 75.8 Å². The van der Waals surface area contributed by atoms with E-state index in [2.05, 4.69) is 5.73 Å². The zero-order valence-electron chi connectivity index (χ0n) is 5.86. The summed E-state index contributed by atoms with van der Waals surface area (Å²) in [7, 11) is 0. The van der Waals surface area contributed by atoms with Crippen LogP contribution < -0.4 is 5.73 Å². The number of nitrogens with two attached hydrogens (primary N) is 1. The van der Waals surface area contributed by atoms with Gasteiger partial charge in [0.2, 0.25) is 0 Å². The first-order valence-corrected chi connectivity index (χ1v) is 2.29. The molecule has 0 bridgehead atoms. The average Bonchev–Trinajstić information content (AvgIpc) is 1.89. The minimum absolute atomic E-state index is 0. The van der Waals surface area contributed by atoms with Gasteiger partial charge in [-0.05, 0) is 0 Å². The Kier molecular flexibility index (Phi) is 18.7. The molecule has 0 spiro atoms. The van der Waals surface area contributed by atoms with Crippen LogP contribution in [0.15, 0.2) is 0 Å². The molecule has 0 aliphatic rings. The van der Waals surface area contributed by atoms with Gasteiger partial charge < -0.3 is 21.1 Å². The second-order valence-electron chi connectivity index (χ2n) is 1.15. The molecule has 0 aliphatic heterocycles. The van der Waals surface area contributed by atoms with Gasteiger partial charge in [0, 0.05) is 19.5 Å². The summed E-state index contributed by atoms with van der Waals surface area (Å²) in [6, 6.07) is 0. The van der Waals surface area contributed by atoms with Gasteiger partial charge in [0.25, 0.3) is 0 Å². The molecule has 5 N–H and O–H groups in total. The van der Waals surface area contributed by atoms with Gasteiger partial charge >= 0.3 is 11.9 Å². The Bertz CT molecular complexity index is 103. The number of hydrogen-bond donors (Lipinski definition) is 4. The number of aliphatic carboxylic acids is 2. The van der Waals surface area contributed by atoms with Crippen LogP contribution in [-0.4, -0.2) is 40.4 Å². The second-order valence-corrected chi connectivity index (χ2v) is 1.15. The van der Waals surface area contributed by atoms with Crippen LogP contribution >= 0.6 is 0 Å². The van der Waals surface area contributed by atoms with E-state index >= 15 is 0 Å². The van der Waals surface area contributed by atoms with Crippen molar-refractivity contribution in [3.8, 4) is 0 Å². The number of aliphatic hydroxyl groups excluding tert-OH is 1. The van der Waals surface area contributed by atoms with Gasteiger partial charge in [-0.25, -0.2) is 4.79 Å². The number of hydrogen-bond acceptors (Lipinski definition) is 4. The first-order chi connectivity index (χ1) is 4.54. The van der Waals surface area contributed by atoms with Gasteiger partial charge in [-0.3, -0.25) is 4.79 Å². The van der Waals surface area contributed by atoms with E-state index in [-0.39, 0.29) is 26.0 Å². The molecule has 0 aromatic rings. The van der Waals surface area contributed by atoms with Gasteiger partial charge in [0.15, 0.2) is 0 Å². The Morgan fingerprint density at radius 1 is 1.18 bits per heavy atom. The van der Waals surface area contributed by atoms with Crippen LogP contribution in [0.5, 0.6) is 0 Å². The van der Waals surface area contributed by atoms with Crippen LogP contribution in [0.25, 0.3) is 0 Å². The van der Waals surface area contributed by atoms with Crippen LogP contribution in [0.2, 0.25) is 0 Å². The number of carboxylic acid groups (broad SMARTS) is 2. The summed E-state index contributed by atoms with van der Waals surface area (Å²) in [5.74, 6) is -2.16. The Morgan fingerprint density at radius 2 is 1.36 bits per heavy atom. The summed E-state index contributed by atoms with van der Waals surface area (Å²) in [4.78, 5) is 18.4. The molecule has 0 aliphatic carbocycles. The molecular formula is C4H9NO5Zn. The van der Waals surface area contributed by atoms with Crippen molar-refractivity contribution in [1.29, 1.82) is 0 Å². The van der Waals surface area contributed by atoms with E-state index in [9.17, 15) is 4.79 Å². The minimum Gasteiger partial charge on any atom is -0.480 e. The van der Waals surface area contributed by atoms with Gasteiger partial charge in [0.05, 0.1) is 6.54 Å². The van der Waals surface area contributed by atoms with E-state index in [1.165, 1.54) is 0 Å². The first kappa shape index (κ1) is 16.8. The maximum atomic E-state index is 9.24. The van der Waals surface area contributed by atoms with Crippen molar-refractivity contribution in [2.24, 2.45) is 5.73 Å². The standard InChI is InChI=1S/C2H5NO2.C2H4O3.Zn/c2*3-1-2(4)5;/h1,3H2,(H,4,5);3H,1H2,(H,4,5);. The predicted molar refractivity (Wildman–Crippen MR) is 31.4 cm³/mol. The molecule has 0 amide bonds. The summed E-state index contributed by atoms with van der Waals surface area (Å²) in [5, 5.41) is 22.6. The number of carbonyl (C=O) groups is 2. The third-order valence-corrected chi connectivity index (χ3v) is 0.310. The molecule has 0 heterocycles. The van der Waals surface area contributed by atoms with E-state index in [0.29, 0.717) is 0 Å². The summed E-state index contributed by atoms with van der Waals surface area (Å²) in [6.45, 7) is -1.06. The van der Waals surface area contributed by atoms with Crippen molar-refractivity contribution in [3.63, 3.8) is 0 Å². The van der Waals surface area contributed by atoms with E-state index in [0.717, 1.165) is 0 Å². The van der Waals surface area contributed by atoms with Crippen molar-refractivity contribution < 1.29 is 44.4 Å². The molecule has 0 radical (unpaired) electrons. The number of aliphatic hydroxyl groups is 1. The van der Waals surface area contributed by atoms with Crippen molar-refractivity contribution in [2.45, 2.75) is 0 Å². The van der Waals surface area contributed by atoms with Crippen molar-refractivity contribution in [3.05, 3.63) is 0 Å². The van der Waals surface area contributed by atoms with Crippen LogP contribution in [0.4, 0.5) is 0 Å². The summed E-state index contributed by atoms with van der Waals surface area (Å²) in [5.41, 5.74) is 4.57. The molecule has 11 heavy (non-hydrogen) atoms. The smallest absolute Gasteiger partial charge is 0.329 e. The van der Waals surface area contributed by atoms with Crippen LogP contribution in [0.3, 0.4) is 0 Å². The second kappa shape index (κ2) is 12.2. The summed E-state index contributed by atoms with van der Waals surface area (Å²) < 4.78 is 0. The summed E-state index contributed by atoms with van der Waals surface area (Å²) in [6.07, 6.45) is 0. The molecule has 0 saturated heterocycles. The fraction of sp³-hybridized carbons (Fsp3) is 0.500. The SMILES string of the molecule is NCC(=O)O.O=C(O)CO.[Zn]. The molecular weight excluding hydrogens is 207 g/mol. The van der Waals surface area contributed by atoms with Crippen molar-refractivity contribution >= 4 is 11.9 Å². The zero-order chi connectivity index (χ0) is 8.57. The normalized spacial score (nSPS) is 6.73. The molecule has 0 saturated carbocycles. The molecule has 0 aromatic heterocycles. The molecule has 0 atom stereocenters. The molecule has 0 aromatic carbocycles. The van der Waals surface area contributed by atoms with Crippen LogP contribution in [0.1, 0.15) is 0 Å². The zero-order valence-corrected chi connectivity index (χ0v) is 8.82. The molecule has 62 valence electrons. The molecule has 7 heteroatoms. The summed E-state index contributed by atoms with van der Waals surface area (Å²) >= 11 is 0. The van der Waals surface area contributed by atoms with E-state index < -0.39 is 18.5 Å². The monoisotopic (exact) mass is 215 g/mol. The third-order valence-electron chi connectivity index (χ3n) is 0.310. The maximum absolute atomic E-state index is 9.24. The van der Waals surface area contributed by atoms with E-state index in [1.54, 1.807) is 0 Å². The largest absolute Gasteiger partial charge is 0.480 e. The maximum Gasteiger partial charge on any atom is 0.329 e. The Hall–Kier alpha value is -0.517. The molecule has 6 nitrogen and oxygen atoms in total.